The van der Waals surface area contributed by atoms with Gasteiger partial charge in [0.05, 0.1) is 5.56 Å². The molecule has 0 aliphatic carbocycles. The molecule has 1 aliphatic heterocycles. The lowest BCUT2D eigenvalue weighted by Crippen LogP contribution is -2.37. The molecule has 1 atom stereocenters. The Balaban J connectivity index is 0.00000200. The van der Waals surface area contributed by atoms with E-state index in [0.717, 1.165) is 25.2 Å². The Hall–Kier alpha value is -1.06. The number of esters is 1. The second-order valence-corrected chi connectivity index (χ2v) is 5.44. The van der Waals surface area contributed by atoms with Crippen molar-refractivity contribution in [3.8, 4) is 0 Å². The highest BCUT2D eigenvalue weighted by atomic mass is 35.5. The molecule has 4 heteroatoms. The number of rotatable bonds is 4. The fourth-order valence-electron chi connectivity index (χ4n) is 2.48. The number of ether oxygens (including phenoxy) is 1. The van der Waals surface area contributed by atoms with E-state index in [0.29, 0.717) is 5.56 Å². The number of carbonyl (C=O) groups is 1. The monoisotopic (exact) mass is 297 g/mol. The lowest BCUT2D eigenvalue weighted by molar-refractivity contribution is 0.0236. The molecule has 0 bridgehead atoms. The predicted molar refractivity (Wildman–Crippen MR) is 83.6 cm³/mol. The Morgan fingerprint density at radius 3 is 2.40 bits per heavy atom. The van der Waals surface area contributed by atoms with Crippen LogP contribution in [0.4, 0.5) is 0 Å². The highest BCUT2D eigenvalue weighted by Gasteiger charge is 2.17. The number of aryl methyl sites for hydroxylation is 1. The van der Waals surface area contributed by atoms with Crippen molar-refractivity contribution in [3.63, 3.8) is 0 Å². The van der Waals surface area contributed by atoms with Crippen molar-refractivity contribution in [1.82, 2.24) is 4.90 Å². The third-order valence-electron chi connectivity index (χ3n) is 3.56. The number of piperidine rings is 1. The maximum absolute atomic E-state index is 12.0. The van der Waals surface area contributed by atoms with Gasteiger partial charge in [0.15, 0.2) is 0 Å². The minimum atomic E-state index is -0.218. The topological polar surface area (TPSA) is 29.5 Å². The molecule has 1 aromatic carbocycles. The molecule has 1 aliphatic rings. The van der Waals surface area contributed by atoms with Gasteiger partial charge in [0.1, 0.15) is 6.10 Å². The SMILES string of the molecule is Cc1ccc(C(=O)OC(C)CN2CCCCC2)cc1.Cl. The van der Waals surface area contributed by atoms with Gasteiger partial charge in [0.25, 0.3) is 0 Å². The summed E-state index contributed by atoms with van der Waals surface area (Å²) in [5.41, 5.74) is 1.79. The zero-order valence-electron chi connectivity index (χ0n) is 12.3. The first-order chi connectivity index (χ1) is 9.15. The molecule has 1 unspecified atom stereocenters. The highest BCUT2D eigenvalue weighted by molar-refractivity contribution is 5.89. The van der Waals surface area contributed by atoms with Gasteiger partial charge in [-0.2, -0.15) is 0 Å². The molecule has 1 fully saturated rings. The average Bonchev–Trinajstić information content (AvgIpc) is 2.40. The summed E-state index contributed by atoms with van der Waals surface area (Å²) in [6, 6.07) is 7.52. The molecule has 0 saturated carbocycles. The smallest absolute Gasteiger partial charge is 0.338 e. The third kappa shape index (κ3) is 5.14. The van der Waals surface area contributed by atoms with Crippen LogP contribution in [0.2, 0.25) is 0 Å². The molecule has 20 heavy (non-hydrogen) atoms. The molecule has 0 spiro atoms. The van der Waals surface area contributed by atoms with Crippen LogP contribution in [0, 0.1) is 6.92 Å². The maximum atomic E-state index is 12.0. The van der Waals surface area contributed by atoms with Crippen LogP contribution in [-0.4, -0.2) is 36.6 Å². The number of likely N-dealkylation sites (tertiary alicyclic amines) is 1. The second-order valence-electron chi connectivity index (χ2n) is 5.44. The van der Waals surface area contributed by atoms with Crippen LogP contribution >= 0.6 is 12.4 Å². The number of hydrogen-bond acceptors (Lipinski definition) is 3. The van der Waals surface area contributed by atoms with E-state index in [1.165, 1.54) is 19.3 Å². The van der Waals surface area contributed by atoms with Gasteiger partial charge in [-0.1, -0.05) is 24.1 Å². The molecule has 1 aromatic rings. The summed E-state index contributed by atoms with van der Waals surface area (Å²) in [7, 11) is 0. The van der Waals surface area contributed by atoms with E-state index in [4.69, 9.17) is 4.74 Å². The first kappa shape index (κ1) is 17.0. The first-order valence-corrected chi connectivity index (χ1v) is 7.15. The summed E-state index contributed by atoms with van der Waals surface area (Å²) < 4.78 is 5.50. The Labute approximate surface area is 127 Å². The largest absolute Gasteiger partial charge is 0.458 e. The molecular formula is C16H24ClNO2. The maximum Gasteiger partial charge on any atom is 0.338 e. The molecule has 112 valence electrons. The van der Waals surface area contributed by atoms with E-state index in [9.17, 15) is 4.79 Å². The van der Waals surface area contributed by atoms with Gasteiger partial charge in [-0.25, -0.2) is 4.79 Å². The number of hydrogen-bond donors (Lipinski definition) is 0. The molecule has 2 rings (SSSR count). The normalized spacial score (nSPS) is 17.1. The van der Waals surface area contributed by atoms with Crippen LogP contribution < -0.4 is 0 Å². The number of benzene rings is 1. The summed E-state index contributed by atoms with van der Waals surface area (Å²) in [4.78, 5) is 14.4. The fourth-order valence-corrected chi connectivity index (χ4v) is 2.48. The fraction of sp³-hybridized carbons (Fsp3) is 0.562. The van der Waals surface area contributed by atoms with Crippen molar-refractivity contribution in [2.45, 2.75) is 39.2 Å². The van der Waals surface area contributed by atoms with Crippen molar-refractivity contribution in [3.05, 3.63) is 35.4 Å². The summed E-state index contributed by atoms with van der Waals surface area (Å²) in [5, 5.41) is 0. The Kier molecular flexibility index (Phi) is 7.03. The molecule has 0 aromatic heterocycles. The van der Waals surface area contributed by atoms with E-state index in [1.54, 1.807) is 0 Å². The Morgan fingerprint density at radius 2 is 1.80 bits per heavy atom. The van der Waals surface area contributed by atoms with Crippen LogP contribution in [0.5, 0.6) is 0 Å². The van der Waals surface area contributed by atoms with Crippen molar-refractivity contribution in [2.24, 2.45) is 0 Å². The van der Waals surface area contributed by atoms with Crippen molar-refractivity contribution in [2.75, 3.05) is 19.6 Å². The van der Waals surface area contributed by atoms with E-state index < -0.39 is 0 Å². The lowest BCUT2D eigenvalue weighted by Gasteiger charge is -2.28. The number of carbonyl (C=O) groups excluding carboxylic acids is 1. The minimum absolute atomic E-state index is 0. The van der Waals surface area contributed by atoms with E-state index in [2.05, 4.69) is 4.90 Å². The van der Waals surface area contributed by atoms with Crippen LogP contribution in [0.25, 0.3) is 0 Å². The first-order valence-electron chi connectivity index (χ1n) is 7.15. The van der Waals surface area contributed by atoms with Crippen LogP contribution in [0.1, 0.15) is 42.1 Å². The van der Waals surface area contributed by atoms with Crippen LogP contribution in [0.15, 0.2) is 24.3 Å². The summed E-state index contributed by atoms with van der Waals surface area (Å²) in [6.07, 6.45) is 3.80. The number of nitrogens with zero attached hydrogens (tertiary/aromatic N) is 1. The van der Waals surface area contributed by atoms with Gasteiger partial charge in [-0.3, -0.25) is 4.90 Å². The third-order valence-corrected chi connectivity index (χ3v) is 3.56. The van der Waals surface area contributed by atoms with Gasteiger partial charge in [0, 0.05) is 6.54 Å². The molecule has 1 heterocycles. The summed E-state index contributed by atoms with van der Waals surface area (Å²) in [5.74, 6) is -0.218. The van der Waals surface area contributed by atoms with Gasteiger partial charge in [0.2, 0.25) is 0 Å². The molecule has 0 N–H and O–H groups in total. The second kappa shape index (κ2) is 8.28. The number of halogens is 1. The molecule has 0 radical (unpaired) electrons. The quantitative estimate of drug-likeness (QED) is 0.797. The highest BCUT2D eigenvalue weighted by Crippen LogP contribution is 2.11. The molecule has 1 saturated heterocycles. The summed E-state index contributed by atoms with van der Waals surface area (Å²) in [6.45, 7) is 7.09. The van der Waals surface area contributed by atoms with Gasteiger partial charge >= 0.3 is 5.97 Å². The van der Waals surface area contributed by atoms with Crippen LogP contribution in [-0.2, 0) is 4.74 Å². The van der Waals surface area contributed by atoms with Gasteiger partial charge in [-0.05, 0) is 51.9 Å². The van der Waals surface area contributed by atoms with E-state index in [-0.39, 0.29) is 24.5 Å². The molecule has 0 amide bonds. The Morgan fingerprint density at radius 1 is 1.20 bits per heavy atom. The zero-order valence-corrected chi connectivity index (χ0v) is 13.1. The van der Waals surface area contributed by atoms with Crippen molar-refractivity contribution >= 4 is 18.4 Å². The molecular weight excluding hydrogens is 274 g/mol. The zero-order chi connectivity index (χ0) is 13.7. The summed E-state index contributed by atoms with van der Waals surface area (Å²) >= 11 is 0. The Bertz CT molecular complexity index is 413. The standard InChI is InChI=1S/C16H23NO2.ClH/c1-13-6-8-15(9-7-13)16(18)19-14(2)12-17-10-4-3-5-11-17;/h6-9,14H,3-5,10-12H2,1-2H3;1H. The minimum Gasteiger partial charge on any atom is -0.458 e. The van der Waals surface area contributed by atoms with Gasteiger partial charge < -0.3 is 4.74 Å². The van der Waals surface area contributed by atoms with E-state index in [1.807, 2.05) is 38.1 Å². The van der Waals surface area contributed by atoms with E-state index >= 15 is 0 Å². The molecule has 3 nitrogen and oxygen atoms in total. The van der Waals surface area contributed by atoms with Crippen molar-refractivity contribution < 1.29 is 9.53 Å². The lowest BCUT2D eigenvalue weighted by atomic mass is 10.1. The van der Waals surface area contributed by atoms with Crippen LogP contribution in [0.3, 0.4) is 0 Å². The van der Waals surface area contributed by atoms with Gasteiger partial charge in [-0.15, -0.1) is 12.4 Å². The average molecular weight is 298 g/mol. The predicted octanol–water partition coefficient (Wildman–Crippen LogP) is 3.45. The van der Waals surface area contributed by atoms with Crippen molar-refractivity contribution in [1.29, 1.82) is 0 Å².